The first-order valence-electron chi connectivity index (χ1n) is 6.84. The third kappa shape index (κ3) is 2.53. The number of aromatic nitrogens is 2. The van der Waals surface area contributed by atoms with Crippen LogP contribution in [0.3, 0.4) is 0 Å². The van der Waals surface area contributed by atoms with Crippen LogP contribution in [0.4, 0.5) is 8.78 Å². The third-order valence-electron chi connectivity index (χ3n) is 3.92. The second-order valence-electron chi connectivity index (χ2n) is 5.33. The summed E-state index contributed by atoms with van der Waals surface area (Å²) in [5, 5.41) is 0. The Morgan fingerprint density at radius 3 is 2.43 bits per heavy atom. The zero-order valence-corrected chi connectivity index (χ0v) is 11.3. The Bertz CT molecular complexity index is 791. The predicted molar refractivity (Wildman–Crippen MR) is 73.6 cm³/mol. The van der Waals surface area contributed by atoms with Crippen molar-refractivity contribution >= 4 is 0 Å². The summed E-state index contributed by atoms with van der Waals surface area (Å²) in [7, 11) is 0. The summed E-state index contributed by atoms with van der Waals surface area (Å²) in [5.74, 6) is -1.61. The fourth-order valence-corrected chi connectivity index (χ4v) is 2.44. The van der Waals surface area contributed by atoms with Crippen molar-refractivity contribution in [1.82, 2.24) is 9.13 Å². The monoisotopic (exact) mass is 292 g/mol. The molecule has 0 spiro atoms. The van der Waals surface area contributed by atoms with Gasteiger partial charge in [0.25, 0.3) is 0 Å². The van der Waals surface area contributed by atoms with Gasteiger partial charge in [0.05, 0.1) is 5.69 Å². The Hall–Kier alpha value is -2.24. The highest BCUT2D eigenvalue weighted by atomic mass is 19.2. The van der Waals surface area contributed by atoms with E-state index in [4.69, 9.17) is 0 Å². The van der Waals surface area contributed by atoms with Gasteiger partial charge in [-0.15, -0.1) is 0 Å². The first-order valence-corrected chi connectivity index (χ1v) is 6.84. The molecule has 1 aromatic heterocycles. The fraction of sp³-hybridized carbons (Fsp3) is 0.333. The number of halogens is 2. The molecule has 0 aliphatic heterocycles. The van der Waals surface area contributed by atoms with Crippen LogP contribution in [0.1, 0.15) is 19.3 Å². The van der Waals surface area contributed by atoms with Gasteiger partial charge in [-0.1, -0.05) is 6.42 Å². The van der Waals surface area contributed by atoms with Crippen LogP contribution in [0.25, 0.3) is 5.69 Å². The Morgan fingerprint density at radius 1 is 1.05 bits per heavy atom. The van der Waals surface area contributed by atoms with E-state index in [1.54, 1.807) is 0 Å². The number of nitrogens with zero attached hydrogens (tertiary/aromatic N) is 2. The maximum Gasteiger partial charge on any atom is 0.320 e. The van der Waals surface area contributed by atoms with E-state index < -0.39 is 22.8 Å². The van der Waals surface area contributed by atoms with Gasteiger partial charge in [-0.2, -0.15) is 0 Å². The molecule has 4 nitrogen and oxygen atoms in total. The smallest absolute Gasteiger partial charge is 0.309 e. The fourth-order valence-electron chi connectivity index (χ4n) is 2.44. The topological polar surface area (TPSA) is 44.0 Å². The molecule has 0 unspecified atom stereocenters. The summed E-state index contributed by atoms with van der Waals surface area (Å²) in [5.41, 5.74) is -1.27. The average Bonchev–Trinajstić information content (AvgIpc) is 2.42. The minimum absolute atomic E-state index is 0.131. The molecule has 0 atom stereocenters. The first-order chi connectivity index (χ1) is 10.1. The predicted octanol–water partition coefficient (Wildman–Crippen LogP) is 2.08. The van der Waals surface area contributed by atoms with Gasteiger partial charge in [0.2, 0.25) is 0 Å². The molecule has 6 heteroatoms. The largest absolute Gasteiger partial charge is 0.320 e. The van der Waals surface area contributed by atoms with Crippen molar-refractivity contribution in [3.63, 3.8) is 0 Å². The van der Waals surface area contributed by atoms with Crippen LogP contribution in [0.5, 0.6) is 0 Å². The Kier molecular flexibility index (Phi) is 3.45. The number of hydrogen-bond acceptors (Lipinski definition) is 2. The van der Waals surface area contributed by atoms with E-state index in [0.29, 0.717) is 12.5 Å². The number of hydrogen-bond donors (Lipinski definition) is 0. The van der Waals surface area contributed by atoms with E-state index in [2.05, 4.69) is 0 Å². The van der Waals surface area contributed by atoms with Gasteiger partial charge < -0.3 is 4.57 Å². The first kappa shape index (κ1) is 13.7. The van der Waals surface area contributed by atoms with Crippen LogP contribution in [-0.2, 0) is 6.54 Å². The van der Waals surface area contributed by atoms with Gasteiger partial charge in [-0.25, -0.2) is 8.78 Å². The zero-order valence-electron chi connectivity index (χ0n) is 11.3. The minimum atomic E-state index is -1.06. The van der Waals surface area contributed by atoms with Crippen LogP contribution in [0.2, 0.25) is 0 Å². The molecule has 0 N–H and O–H groups in total. The van der Waals surface area contributed by atoms with Gasteiger partial charge in [-0.05, 0) is 30.9 Å². The van der Waals surface area contributed by atoms with Crippen molar-refractivity contribution < 1.29 is 8.78 Å². The molecule has 1 saturated carbocycles. The lowest BCUT2D eigenvalue weighted by atomic mass is 9.85. The highest BCUT2D eigenvalue weighted by Gasteiger charge is 2.19. The molecular formula is C15H14F2N2O2. The van der Waals surface area contributed by atoms with Crippen LogP contribution < -0.4 is 11.1 Å². The van der Waals surface area contributed by atoms with Crippen LogP contribution in [0.15, 0.2) is 40.2 Å². The molecule has 3 rings (SSSR count). The van der Waals surface area contributed by atoms with Crippen LogP contribution >= 0.6 is 0 Å². The quantitative estimate of drug-likeness (QED) is 0.813. The summed E-state index contributed by atoms with van der Waals surface area (Å²) >= 11 is 0. The number of rotatable bonds is 3. The van der Waals surface area contributed by atoms with Crippen molar-refractivity contribution in [3.8, 4) is 5.69 Å². The molecule has 0 radical (unpaired) electrons. The lowest BCUT2D eigenvalue weighted by Gasteiger charge is -2.25. The summed E-state index contributed by atoms with van der Waals surface area (Å²) in [4.78, 5) is 24.1. The lowest BCUT2D eigenvalue weighted by Crippen LogP contribution is -2.41. The molecule has 0 amide bonds. The molecule has 0 bridgehead atoms. The standard InChI is InChI=1S/C15H14F2N2O2/c16-12-5-4-11(8-13(12)17)19-7-6-18(14(20)15(19)21)9-10-2-1-3-10/h4-8,10H,1-3,9H2. The van der Waals surface area contributed by atoms with Gasteiger partial charge in [-0.3, -0.25) is 14.2 Å². The van der Waals surface area contributed by atoms with Gasteiger partial charge in [0.1, 0.15) is 0 Å². The van der Waals surface area contributed by atoms with E-state index in [1.807, 2.05) is 0 Å². The van der Waals surface area contributed by atoms with Crippen LogP contribution in [0, 0.1) is 17.6 Å². The molecule has 1 aliphatic carbocycles. The van der Waals surface area contributed by atoms with E-state index in [0.717, 1.165) is 36.0 Å². The van der Waals surface area contributed by atoms with Crippen molar-refractivity contribution in [1.29, 1.82) is 0 Å². The van der Waals surface area contributed by atoms with Gasteiger partial charge in [0, 0.05) is 25.0 Å². The zero-order chi connectivity index (χ0) is 15.0. The summed E-state index contributed by atoms with van der Waals surface area (Å²) in [6.07, 6.45) is 6.22. The highest BCUT2D eigenvalue weighted by Crippen LogP contribution is 2.27. The minimum Gasteiger partial charge on any atom is -0.309 e. The average molecular weight is 292 g/mol. The van der Waals surface area contributed by atoms with E-state index in [-0.39, 0.29) is 5.69 Å². The van der Waals surface area contributed by atoms with Crippen molar-refractivity contribution in [2.75, 3.05) is 0 Å². The van der Waals surface area contributed by atoms with E-state index >= 15 is 0 Å². The van der Waals surface area contributed by atoms with Crippen molar-refractivity contribution in [3.05, 3.63) is 62.9 Å². The van der Waals surface area contributed by atoms with Gasteiger partial charge >= 0.3 is 11.1 Å². The normalized spacial score (nSPS) is 15.0. The molecule has 1 fully saturated rings. The van der Waals surface area contributed by atoms with Gasteiger partial charge in [0.15, 0.2) is 11.6 Å². The molecule has 0 saturated heterocycles. The van der Waals surface area contributed by atoms with Crippen molar-refractivity contribution in [2.24, 2.45) is 5.92 Å². The maximum absolute atomic E-state index is 13.2. The summed E-state index contributed by atoms with van der Waals surface area (Å²) in [6.45, 7) is 0.534. The Morgan fingerprint density at radius 2 is 1.81 bits per heavy atom. The molecule has 2 aromatic rings. The third-order valence-corrected chi connectivity index (χ3v) is 3.92. The second kappa shape index (κ2) is 5.27. The van der Waals surface area contributed by atoms with Crippen molar-refractivity contribution in [2.45, 2.75) is 25.8 Å². The molecular weight excluding hydrogens is 278 g/mol. The molecule has 1 aromatic carbocycles. The summed E-state index contributed by atoms with van der Waals surface area (Å²) < 4.78 is 28.6. The SMILES string of the molecule is O=c1c(=O)n(-c2ccc(F)c(F)c2)ccn1CC1CCC1. The van der Waals surface area contributed by atoms with E-state index in [1.165, 1.54) is 23.0 Å². The lowest BCUT2D eigenvalue weighted by molar-refractivity contribution is 0.272. The Labute approximate surface area is 119 Å². The molecule has 1 aliphatic rings. The van der Waals surface area contributed by atoms with E-state index in [9.17, 15) is 18.4 Å². The van der Waals surface area contributed by atoms with Crippen LogP contribution in [-0.4, -0.2) is 9.13 Å². The summed E-state index contributed by atoms with van der Waals surface area (Å²) in [6, 6.07) is 3.08. The number of benzene rings is 1. The Balaban J connectivity index is 2.00. The maximum atomic E-state index is 13.2. The molecule has 21 heavy (non-hydrogen) atoms. The molecule has 1 heterocycles. The highest BCUT2D eigenvalue weighted by molar-refractivity contribution is 5.32. The molecule has 110 valence electrons. The second-order valence-corrected chi connectivity index (χ2v) is 5.33.